The summed E-state index contributed by atoms with van der Waals surface area (Å²) < 4.78 is 8.91. The molecule has 12 rings (SSSR count). The summed E-state index contributed by atoms with van der Waals surface area (Å²) in [6.07, 6.45) is 4.91. The molecule has 0 radical (unpaired) electrons. The second-order valence-corrected chi connectivity index (χ2v) is 15.6. The van der Waals surface area contributed by atoms with Crippen molar-refractivity contribution < 1.29 is 4.42 Å². The summed E-state index contributed by atoms with van der Waals surface area (Å²) in [5.41, 5.74) is 17.0. The fraction of sp³-hybridized carbons (Fsp3) is 0.0943. The first-order valence-corrected chi connectivity index (χ1v) is 19.9. The van der Waals surface area contributed by atoms with Gasteiger partial charge in [0.15, 0.2) is 0 Å². The zero-order valence-electron chi connectivity index (χ0n) is 31.0. The molecule has 0 N–H and O–H groups in total. The van der Waals surface area contributed by atoms with Crippen LogP contribution in [0.1, 0.15) is 36.8 Å². The van der Waals surface area contributed by atoms with Crippen molar-refractivity contribution in [3.63, 3.8) is 0 Å². The molecular weight excluding hydrogens is 681 g/mol. The number of aromatic nitrogens is 1. The first-order valence-electron chi connectivity index (χ1n) is 19.9. The Balaban J connectivity index is 1.09. The van der Waals surface area contributed by atoms with Crippen molar-refractivity contribution in [2.75, 3.05) is 4.90 Å². The standard InChI is InChI=1S/C53H38N2O/c1-2-13-35(14-3-1)36-23-25-37(26-24-36)55-47-19-8-5-16-42(47)44-33-38(28-30-48(44)55)54(49-20-12-22-51-52(49)43-17-6-9-21-50(43)56-51)39-27-29-41-40-15-4-7-18-45(40)53(46(41)34-39)31-10-11-32-53/h1-9,12-30,33-34H,10-11,31-32H2. The van der Waals surface area contributed by atoms with E-state index in [9.17, 15) is 0 Å². The largest absolute Gasteiger partial charge is 0.456 e. The van der Waals surface area contributed by atoms with Gasteiger partial charge in [-0.15, -0.1) is 0 Å². The lowest BCUT2D eigenvalue weighted by molar-refractivity contribution is 0.550. The van der Waals surface area contributed by atoms with Gasteiger partial charge in [-0.3, -0.25) is 0 Å². The molecule has 1 fully saturated rings. The molecule has 2 heterocycles. The minimum atomic E-state index is 0.0649. The summed E-state index contributed by atoms with van der Waals surface area (Å²) in [4.78, 5) is 2.48. The van der Waals surface area contributed by atoms with E-state index in [4.69, 9.17) is 4.42 Å². The second-order valence-electron chi connectivity index (χ2n) is 15.6. The van der Waals surface area contributed by atoms with Gasteiger partial charge in [-0.25, -0.2) is 0 Å². The van der Waals surface area contributed by atoms with E-state index in [1.165, 1.54) is 86.6 Å². The number of hydrogen-bond donors (Lipinski definition) is 0. The third-order valence-corrected chi connectivity index (χ3v) is 12.7. The Labute approximate surface area is 325 Å². The van der Waals surface area contributed by atoms with Crippen LogP contribution >= 0.6 is 0 Å². The van der Waals surface area contributed by atoms with Crippen LogP contribution in [0.3, 0.4) is 0 Å². The van der Waals surface area contributed by atoms with Crippen molar-refractivity contribution >= 4 is 60.8 Å². The monoisotopic (exact) mass is 718 g/mol. The van der Waals surface area contributed by atoms with Gasteiger partial charge in [0.2, 0.25) is 0 Å². The summed E-state index contributed by atoms with van der Waals surface area (Å²) in [5.74, 6) is 0. The lowest BCUT2D eigenvalue weighted by Gasteiger charge is -2.30. The Hall–Kier alpha value is -6.84. The van der Waals surface area contributed by atoms with Crippen LogP contribution in [0.4, 0.5) is 17.1 Å². The molecule has 2 aliphatic rings. The zero-order chi connectivity index (χ0) is 36.8. The van der Waals surface area contributed by atoms with E-state index in [0.29, 0.717) is 0 Å². The maximum atomic E-state index is 6.49. The molecule has 2 aliphatic carbocycles. The Morgan fingerprint density at radius 2 is 1.12 bits per heavy atom. The highest BCUT2D eigenvalue weighted by Crippen LogP contribution is 2.58. The van der Waals surface area contributed by atoms with Crippen LogP contribution in [0.2, 0.25) is 0 Å². The zero-order valence-corrected chi connectivity index (χ0v) is 31.0. The number of fused-ring (bicyclic) bond motifs is 11. The van der Waals surface area contributed by atoms with Crippen molar-refractivity contribution in [1.82, 2.24) is 4.57 Å². The van der Waals surface area contributed by atoms with Gasteiger partial charge >= 0.3 is 0 Å². The fourth-order valence-corrected chi connectivity index (χ4v) is 10.3. The molecule has 0 aliphatic heterocycles. The Kier molecular flexibility index (Phi) is 6.80. The van der Waals surface area contributed by atoms with Crippen molar-refractivity contribution in [3.05, 3.63) is 193 Å². The van der Waals surface area contributed by atoms with Gasteiger partial charge < -0.3 is 13.9 Å². The van der Waals surface area contributed by atoms with Gasteiger partial charge in [-0.1, -0.05) is 128 Å². The molecule has 0 saturated heterocycles. The quantitative estimate of drug-likeness (QED) is 0.177. The maximum Gasteiger partial charge on any atom is 0.137 e. The van der Waals surface area contributed by atoms with Crippen LogP contribution in [0.5, 0.6) is 0 Å². The molecule has 56 heavy (non-hydrogen) atoms. The molecule has 266 valence electrons. The van der Waals surface area contributed by atoms with Crippen molar-refractivity contribution in [3.8, 4) is 27.9 Å². The summed E-state index contributed by atoms with van der Waals surface area (Å²) in [7, 11) is 0. The molecule has 3 nitrogen and oxygen atoms in total. The van der Waals surface area contributed by atoms with Crippen molar-refractivity contribution in [1.29, 1.82) is 0 Å². The van der Waals surface area contributed by atoms with E-state index in [1.807, 2.05) is 0 Å². The van der Waals surface area contributed by atoms with E-state index >= 15 is 0 Å². The molecule has 10 aromatic rings. The van der Waals surface area contributed by atoms with Crippen LogP contribution < -0.4 is 4.90 Å². The lowest BCUT2D eigenvalue weighted by atomic mass is 9.76. The highest BCUT2D eigenvalue weighted by Gasteiger charge is 2.45. The molecule has 3 heteroatoms. The minimum absolute atomic E-state index is 0.0649. The topological polar surface area (TPSA) is 21.3 Å². The average Bonchev–Trinajstić information content (AvgIpc) is 4.04. The molecule has 1 spiro atoms. The summed E-state index contributed by atoms with van der Waals surface area (Å²) in [5, 5.41) is 4.71. The van der Waals surface area contributed by atoms with Gasteiger partial charge in [0.05, 0.1) is 22.1 Å². The van der Waals surface area contributed by atoms with Crippen LogP contribution in [-0.2, 0) is 5.41 Å². The van der Waals surface area contributed by atoms with Crippen LogP contribution in [-0.4, -0.2) is 4.57 Å². The van der Waals surface area contributed by atoms with E-state index in [0.717, 1.165) is 39.0 Å². The van der Waals surface area contributed by atoms with E-state index in [-0.39, 0.29) is 5.41 Å². The highest BCUT2D eigenvalue weighted by atomic mass is 16.3. The number of anilines is 3. The molecule has 0 bridgehead atoms. The summed E-state index contributed by atoms with van der Waals surface area (Å²) in [6.45, 7) is 0. The molecule has 8 aromatic carbocycles. The first kappa shape index (κ1) is 31.5. The molecular formula is C53H38N2O. The number of hydrogen-bond acceptors (Lipinski definition) is 2. The van der Waals surface area contributed by atoms with Gasteiger partial charge in [0.25, 0.3) is 0 Å². The minimum Gasteiger partial charge on any atom is -0.456 e. The van der Waals surface area contributed by atoms with E-state index in [1.54, 1.807) is 0 Å². The van der Waals surface area contributed by atoms with Crippen LogP contribution in [0.25, 0.3) is 71.7 Å². The Morgan fingerprint density at radius 1 is 0.464 bits per heavy atom. The summed E-state index contributed by atoms with van der Waals surface area (Å²) in [6, 6.07) is 66.8. The summed E-state index contributed by atoms with van der Waals surface area (Å²) >= 11 is 0. The molecule has 1 saturated carbocycles. The molecule has 0 unspecified atom stereocenters. The lowest BCUT2D eigenvalue weighted by Crippen LogP contribution is -2.21. The van der Waals surface area contributed by atoms with Crippen molar-refractivity contribution in [2.24, 2.45) is 0 Å². The normalized spacial score (nSPS) is 14.3. The number of benzene rings is 8. The first-order chi connectivity index (χ1) is 27.7. The average molecular weight is 719 g/mol. The molecule has 2 aromatic heterocycles. The Bertz CT molecular complexity index is 3140. The predicted molar refractivity (Wildman–Crippen MR) is 233 cm³/mol. The third kappa shape index (κ3) is 4.52. The highest BCUT2D eigenvalue weighted by molar-refractivity contribution is 6.15. The number of para-hydroxylation sites is 2. The smallest absolute Gasteiger partial charge is 0.137 e. The number of furan rings is 1. The maximum absolute atomic E-state index is 6.49. The van der Waals surface area contributed by atoms with Crippen molar-refractivity contribution in [2.45, 2.75) is 31.1 Å². The van der Waals surface area contributed by atoms with E-state index < -0.39 is 0 Å². The Morgan fingerprint density at radius 3 is 2.00 bits per heavy atom. The van der Waals surface area contributed by atoms with Gasteiger partial charge in [-0.2, -0.15) is 0 Å². The van der Waals surface area contributed by atoms with Gasteiger partial charge in [-0.05, 0) is 113 Å². The SMILES string of the molecule is c1ccc(-c2ccc(-n3c4ccccc4c4cc(N(c5ccc6c(c5)C5(CCCC5)c5ccccc5-6)c5cccc6oc7ccccc7c56)ccc43)cc2)cc1. The van der Waals surface area contributed by atoms with Gasteiger partial charge in [0, 0.05) is 38.6 Å². The second kappa shape index (κ2) is 12.1. The number of rotatable bonds is 5. The van der Waals surface area contributed by atoms with Gasteiger partial charge in [0.1, 0.15) is 11.2 Å². The van der Waals surface area contributed by atoms with Crippen LogP contribution in [0, 0.1) is 0 Å². The molecule has 0 amide bonds. The van der Waals surface area contributed by atoms with Crippen LogP contribution in [0.15, 0.2) is 186 Å². The number of nitrogens with zero attached hydrogens (tertiary/aromatic N) is 2. The third-order valence-electron chi connectivity index (χ3n) is 12.7. The predicted octanol–water partition coefficient (Wildman–Crippen LogP) is 14.7. The fourth-order valence-electron chi connectivity index (χ4n) is 10.3. The van der Waals surface area contributed by atoms with E-state index in [2.05, 4.69) is 191 Å². The molecule has 0 atom stereocenters.